The van der Waals surface area contributed by atoms with Crippen LogP contribution >= 0.6 is 23.1 Å². The Balaban J connectivity index is 1.91. The number of piperazine rings is 1. The van der Waals surface area contributed by atoms with Gasteiger partial charge in [-0.3, -0.25) is 0 Å². The highest BCUT2D eigenvalue weighted by Gasteiger charge is 2.17. The Morgan fingerprint density at radius 3 is 2.75 bits per heavy atom. The average Bonchev–Trinajstić information content (AvgIpc) is 2.76. The van der Waals surface area contributed by atoms with E-state index in [2.05, 4.69) is 27.0 Å². The monoisotopic (exact) mass is 260 g/mol. The first-order valence-corrected chi connectivity index (χ1v) is 7.10. The van der Waals surface area contributed by atoms with E-state index in [1.165, 1.54) is 0 Å². The number of aliphatic hydroxyl groups excluding tert-OH is 1. The molecule has 2 heterocycles. The summed E-state index contributed by atoms with van der Waals surface area (Å²) in [4.78, 5) is 4.60. The molecule has 0 bridgehead atoms. The van der Waals surface area contributed by atoms with Gasteiger partial charge in [0, 0.05) is 31.9 Å². The summed E-state index contributed by atoms with van der Waals surface area (Å²) >= 11 is 3.18. The minimum Gasteiger partial charge on any atom is -0.396 e. The van der Waals surface area contributed by atoms with E-state index in [4.69, 9.17) is 5.11 Å². The standard InChI is InChI=1S/C9H16N4OS2/c1-12-2-4-13(5-3-12)8-10-11-9(16-8)15-7-6-14/h14H,2-7H2,1H3. The smallest absolute Gasteiger partial charge is 0.209 e. The van der Waals surface area contributed by atoms with Crippen LogP contribution < -0.4 is 4.90 Å². The number of thioether (sulfide) groups is 1. The van der Waals surface area contributed by atoms with Crippen molar-refractivity contribution in [2.45, 2.75) is 4.34 Å². The molecule has 0 radical (unpaired) electrons. The third kappa shape index (κ3) is 3.07. The van der Waals surface area contributed by atoms with Crippen LogP contribution in [0, 0.1) is 0 Å². The predicted octanol–water partition coefficient (Wildman–Crippen LogP) is 0.374. The molecule has 0 spiro atoms. The second-order valence-electron chi connectivity index (χ2n) is 3.71. The third-order valence-electron chi connectivity index (χ3n) is 2.49. The summed E-state index contributed by atoms with van der Waals surface area (Å²) in [5, 5.41) is 18.0. The predicted molar refractivity (Wildman–Crippen MR) is 67.4 cm³/mol. The molecule has 0 saturated carbocycles. The van der Waals surface area contributed by atoms with Crippen LogP contribution in [-0.2, 0) is 0 Å². The van der Waals surface area contributed by atoms with Crippen molar-refractivity contribution in [3.63, 3.8) is 0 Å². The summed E-state index contributed by atoms with van der Waals surface area (Å²) < 4.78 is 0.947. The fourth-order valence-electron chi connectivity index (χ4n) is 1.52. The summed E-state index contributed by atoms with van der Waals surface area (Å²) in [5.74, 6) is 0.692. The number of aromatic nitrogens is 2. The summed E-state index contributed by atoms with van der Waals surface area (Å²) in [6, 6.07) is 0. The Labute approximate surface area is 103 Å². The molecule has 16 heavy (non-hydrogen) atoms. The lowest BCUT2D eigenvalue weighted by atomic mass is 10.3. The van der Waals surface area contributed by atoms with Gasteiger partial charge in [-0.15, -0.1) is 10.2 Å². The topological polar surface area (TPSA) is 52.5 Å². The Morgan fingerprint density at radius 2 is 2.06 bits per heavy atom. The molecule has 7 heteroatoms. The van der Waals surface area contributed by atoms with E-state index in [9.17, 15) is 0 Å². The third-order valence-corrected chi connectivity index (χ3v) is 4.58. The molecule has 5 nitrogen and oxygen atoms in total. The van der Waals surface area contributed by atoms with Crippen molar-refractivity contribution in [3.05, 3.63) is 0 Å². The van der Waals surface area contributed by atoms with E-state index in [0.29, 0.717) is 5.75 Å². The number of hydrogen-bond donors (Lipinski definition) is 1. The van der Waals surface area contributed by atoms with Crippen LogP contribution in [-0.4, -0.2) is 65.8 Å². The molecule has 1 aromatic heterocycles. The van der Waals surface area contributed by atoms with Gasteiger partial charge < -0.3 is 14.9 Å². The van der Waals surface area contributed by atoms with E-state index in [0.717, 1.165) is 35.7 Å². The highest BCUT2D eigenvalue weighted by Crippen LogP contribution is 2.28. The zero-order valence-corrected chi connectivity index (χ0v) is 10.9. The van der Waals surface area contributed by atoms with Crippen molar-refractivity contribution in [2.75, 3.05) is 50.5 Å². The second-order valence-corrected chi connectivity index (χ2v) is 6.01. The van der Waals surface area contributed by atoms with Gasteiger partial charge >= 0.3 is 0 Å². The van der Waals surface area contributed by atoms with Gasteiger partial charge in [-0.05, 0) is 7.05 Å². The zero-order chi connectivity index (χ0) is 11.4. The fraction of sp³-hybridized carbons (Fsp3) is 0.778. The maximum Gasteiger partial charge on any atom is 0.209 e. The van der Waals surface area contributed by atoms with E-state index in [1.807, 2.05) is 0 Å². The molecule has 2 rings (SSSR count). The minimum absolute atomic E-state index is 0.189. The Kier molecular flexibility index (Phi) is 4.39. The lowest BCUT2D eigenvalue weighted by molar-refractivity contribution is 0.312. The van der Waals surface area contributed by atoms with Crippen LogP contribution in [0.2, 0.25) is 0 Å². The summed E-state index contributed by atoms with van der Waals surface area (Å²) in [6.45, 7) is 4.40. The highest BCUT2D eigenvalue weighted by atomic mass is 32.2. The van der Waals surface area contributed by atoms with Gasteiger partial charge in [0.2, 0.25) is 5.13 Å². The van der Waals surface area contributed by atoms with Crippen molar-refractivity contribution in [1.29, 1.82) is 0 Å². The first-order valence-electron chi connectivity index (χ1n) is 5.30. The van der Waals surface area contributed by atoms with Gasteiger partial charge in [0.25, 0.3) is 0 Å². The normalized spacial score (nSPS) is 18.0. The fourth-order valence-corrected chi connectivity index (χ4v) is 3.22. The van der Waals surface area contributed by atoms with Crippen LogP contribution in [0.15, 0.2) is 4.34 Å². The lowest BCUT2D eigenvalue weighted by Gasteiger charge is -2.31. The van der Waals surface area contributed by atoms with Crippen molar-refractivity contribution in [2.24, 2.45) is 0 Å². The number of likely N-dealkylation sites (N-methyl/N-ethyl adjacent to an activating group) is 1. The molecular formula is C9H16N4OS2. The highest BCUT2D eigenvalue weighted by molar-refractivity contribution is 8.01. The van der Waals surface area contributed by atoms with E-state index >= 15 is 0 Å². The molecule has 1 aliphatic heterocycles. The second kappa shape index (κ2) is 5.81. The van der Waals surface area contributed by atoms with Crippen molar-refractivity contribution in [1.82, 2.24) is 15.1 Å². The van der Waals surface area contributed by atoms with Gasteiger partial charge in [-0.2, -0.15) is 0 Å². The number of aliphatic hydroxyl groups is 1. The SMILES string of the molecule is CN1CCN(c2nnc(SCCO)s2)CC1. The lowest BCUT2D eigenvalue weighted by Crippen LogP contribution is -2.44. The van der Waals surface area contributed by atoms with Crippen LogP contribution in [0.1, 0.15) is 0 Å². The average molecular weight is 260 g/mol. The molecule has 0 amide bonds. The Hall–Kier alpha value is -0.370. The van der Waals surface area contributed by atoms with Gasteiger partial charge in [0.05, 0.1) is 6.61 Å². The molecule has 0 unspecified atom stereocenters. The molecule has 0 atom stereocenters. The number of anilines is 1. The Morgan fingerprint density at radius 1 is 1.31 bits per heavy atom. The minimum atomic E-state index is 0.189. The van der Waals surface area contributed by atoms with Crippen LogP contribution in [0.25, 0.3) is 0 Å². The maximum atomic E-state index is 8.73. The molecule has 0 aromatic carbocycles. The summed E-state index contributed by atoms with van der Waals surface area (Å²) in [5.41, 5.74) is 0. The molecule has 0 aliphatic carbocycles. The van der Waals surface area contributed by atoms with Crippen LogP contribution in [0.3, 0.4) is 0 Å². The van der Waals surface area contributed by atoms with Crippen LogP contribution in [0.4, 0.5) is 5.13 Å². The molecule has 1 saturated heterocycles. The van der Waals surface area contributed by atoms with Gasteiger partial charge in [-0.1, -0.05) is 23.1 Å². The molecule has 1 aromatic rings. The quantitative estimate of drug-likeness (QED) is 0.790. The van der Waals surface area contributed by atoms with Gasteiger partial charge in [-0.25, -0.2) is 0 Å². The zero-order valence-electron chi connectivity index (χ0n) is 9.30. The number of hydrogen-bond acceptors (Lipinski definition) is 7. The van der Waals surface area contributed by atoms with E-state index in [-0.39, 0.29) is 6.61 Å². The summed E-state index contributed by atoms with van der Waals surface area (Å²) in [7, 11) is 2.14. The molecule has 90 valence electrons. The van der Waals surface area contributed by atoms with Crippen LogP contribution in [0.5, 0.6) is 0 Å². The Bertz CT molecular complexity index is 325. The van der Waals surface area contributed by atoms with E-state index in [1.54, 1.807) is 23.1 Å². The van der Waals surface area contributed by atoms with Crippen molar-refractivity contribution in [3.8, 4) is 0 Å². The number of nitrogens with zero attached hydrogens (tertiary/aromatic N) is 4. The first-order chi connectivity index (χ1) is 7.79. The molecule has 1 aliphatic rings. The maximum absolute atomic E-state index is 8.73. The molecular weight excluding hydrogens is 244 g/mol. The summed E-state index contributed by atoms with van der Waals surface area (Å²) in [6.07, 6.45) is 0. The molecule has 1 fully saturated rings. The van der Waals surface area contributed by atoms with Gasteiger partial charge in [0.1, 0.15) is 0 Å². The van der Waals surface area contributed by atoms with Gasteiger partial charge in [0.15, 0.2) is 4.34 Å². The van der Waals surface area contributed by atoms with Crippen molar-refractivity contribution < 1.29 is 5.11 Å². The largest absolute Gasteiger partial charge is 0.396 e. The first kappa shape index (κ1) is 12.1. The molecule has 1 N–H and O–H groups in total. The van der Waals surface area contributed by atoms with E-state index < -0.39 is 0 Å². The van der Waals surface area contributed by atoms with Crippen molar-refractivity contribution >= 4 is 28.2 Å². The number of rotatable bonds is 4.